The van der Waals surface area contributed by atoms with Gasteiger partial charge in [-0.3, -0.25) is 4.79 Å². The molecule has 0 saturated carbocycles. The van der Waals surface area contributed by atoms with Crippen molar-refractivity contribution in [3.63, 3.8) is 0 Å². The normalized spacial score (nSPS) is 20.4. The fraction of sp³-hybridized carbons (Fsp3) is 0.316. The zero-order valence-electron chi connectivity index (χ0n) is 13.7. The fourth-order valence-electron chi connectivity index (χ4n) is 2.62. The minimum absolute atomic E-state index is 0.0832. The number of ether oxygens (including phenoxy) is 2. The molecule has 0 aromatic heterocycles. The van der Waals surface area contributed by atoms with Gasteiger partial charge in [-0.15, -0.1) is 0 Å². The van der Waals surface area contributed by atoms with Gasteiger partial charge in [0.05, 0.1) is 12.7 Å². The molecule has 0 unspecified atom stereocenters. The van der Waals surface area contributed by atoms with E-state index in [0.717, 1.165) is 17.0 Å². The molecule has 1 heterocycles. The second-order valence-electron chi connectivity index (χ2n) is 5.80. The van der Waals surface area contributed by atoms with E-state index in [4.69, 9.17) is 9.47 Å². The number of nitrogens with one attached hydrogen (secondary N) is 2. The molecule has 2 aromatic rings. The van der Waals surface area contributed by atoms with Gasteiger partial charge in [0.25, 0.3) is 0 Å². The number of hydrogen-bond acceptors (Lipinski definition) is 4. The number of rotatable bonds is 5. The van der Waals surface area contributed by atoms with Crippen LogP contribution < -0.4 is 15.4 Å². The summed E-state index contributed by atoms with van der Waals surface area (Å²) in [5.74, 6) is 0.685. The highest BCUT2D eigenvalue weighted by atomic mass is 16.5. The van der Waals surface area contributed by atoms with Gasteiger partial charge in [0.15, 0.2) is 0 Å². The van der Waals surface area contributed by atoms with E-state index in [1.165, 1.54) is 0 Å². The van der Waals surface area contributed by atoms with E-state index in [0.29, 0.717) is 19.8 Å². The quantitative estimate of drug-likeness (QED) is 0.887. The third-order valence-corrected chi connectivity index (χ3v) is 3.97. The Morgan fingerprint density at radius 2 is 1.96 bits per heavy atom. The SMILES string of the molecule is C[C@H]1OCCN[C@@H]1C(=O)Nc1ccc(OCc2ccccc2)cc1. The highest BCUT2D eigenvalue weighted by molar-refractivity contribution is 5.95. The Morgan fingerprint density at radius 3 is 2.67 bits per heavy atom. The Labute approximate surface area is 142 Å². The molecule has 1 fully saturated rings. The van der Waals surface area contributed by atoms with Crippen LogP contribution in [-0.2, 0) is 16.1 Å². The van der Waals surface area contributed by atoms with Crippen molar-refractivity contribution in [1.82, 2.24) is 5.32 Å². The first-order valence-corrected chi connectivity index (χ1v) is 8.15. The summed E-state index contributed by atoms with van der Waals surface area (Å²) in [4.78, 5) is 12.3. The average molecular weight is 326 g/mol. The van der Waals surface area contributed by atoms with Crippen molar-refractivity contribution >= 4 is 11.6 Å². The van der Waals surface area contributed by atoms with E-state index in [2.05, 4.69) is 10.6 Å². The van der Waals surface area contributed by atoms with E-state index in [1.807, 2.05) is 61.5 Å². The Bertz CT molecular complexity index is 658. The lowest BCUT2D eigenvalue weighted by atomic mass is 10.1. The van der Waals surface area contributed by atoms with Crippen molar-refractivity contribution in [3.05, 3.63) is 60.2 Å². The first kappa shape index (κ1) is 16.5. The summed E-state index contributed by atoms with van der Waals surface area (Å²) in [6, 6.07) is 17.1. The van der Waals surface area contributed by atoms with Gasteiger partial charge >= 0.3 is 0 Å². The monoisotopic (exact) mass is 326 g/mol. The summed E-state index contributed by atoms with van der Waals surface area (Å²) >= 11 is 0. The first-order valence-electron chi connectivity index (χ1n) is 8.15. The van der Waals surface area contributed by atoms with Crippen LogP contribution in [0.4, 0.5) is 5.69 Å². The van der Waals surface area contributed by atoms with Crippen LogP contribution >= 0.6 is 0 Å². The summed E-state index contributed by atoms with van der Waals surface area (Å²) in [6.07, 6.45) is -0.132. The van der Waals surface area contributed by atoms with Crippen molar-refractivity contribution in [2.75, 3.05) is 18.5 Å². The predicted molar refractivity (Wildman–Crippen MR) is 93.1 cm³/mol. The molecule has 1 aliphatic rings. The number of carbonyl (C=O) groups excluding carboxylic acids is 1. The van der Waals surface area contributed by atoms with Crippen LogP contribution in [-0.4, -0.2) is 31.2 Å². The molecule has 0 spiro atoms. The molecule has 0 radical (unpaired) electrons. The Balaban J connectivity index is 1.53. The maximum atomic E-state index is 12.3. The summed E-state index contributed by atoms with van der Waals surface area (Å²) in [5.41, 5.74) is 1.86. The third kappa shape index (κ3) is 4.34. The molecular formula is C19H22N2O3. The van der Waals surface area contributed by atoms with Crippen LogP contribution in [0.3, 0.4) is 0 Å². The van der Waals surface area contributed by atoms with Crippen LogP contribution in [0.1, 0.15) is 12.5 Å². The van der Waals surface area contributed by atoms with Gasteiger partial charge < -0.3 is 20.1 Å². The fourth-order valence-corrected chi connectivity index (χ4v) is 2.62. The molecular weight excluding hydrogens is 304 g/mol. The summed E-state index contributed by atoms with van der Waals surface area (Å²) in [6.45, 7) is 3.75. The molecule has 5 nitrogen and oxygen atoms in total. The minimum atomic E-state index is -0.326. The van der Waals surface area contributed by atoms with Crippen molar-refractivity contribution < 1.29 is 14.3 Å². The number of carbonyl (C=O) groups is 1. The maximum absolute atomic E-state index is 12.3. The van der Waals surface area contributed by atoms with Crippen LogP contribution in [0, 0.1) is 0 Å². The zero-order chi connectivity index (χ0) is 16.8. The van der Waals surface area contributed by atoms with Gasteiger partial charge in [0.2, 0.25) is 5.91 Å². The number of morpholine rings is 1. The largest absolute Gasteiger partial charge is 0.489 e. The topological polar surface area (TPSA) is 59.6 Å². The molecule has 24 heavy (non-hydrogen) atoms. The number of anilines is 1. The Morgan fingerprint density at radius 1 is 1.21 bits per heavy atom. The molecule has 2 N–H and O–H groups in total. The molecule has 5 heteroatoms. The molecule has 3 rings (SSSR count). The van der Waals surface area contributed by atoms with E-state index in [-0.39, 0.29) is 18.1 Å². The van der Waals surface area contributed by atoms with Crippen LogP contribution in [0.25, 0.3) is 0 Å². The molecule has 1 saturated heterocycles. The average Bonchev–Trinajstić information content (AvgIpc) is 2.62. The van der Waals surface area contributed by atoms with Gasteiger partial charge in [0, 0.05) is 12.2 Å². The number of amides is 1. The van der Waals surface area contributed by atoms with Crippen LogP contribution in [0.2, 0.25) is 0 Å². The van der Waals surface area contributed by atoms with Crippen molar-refractivity contribution in [2.24, 2.45) is 0 Å². The lowest BCUT2D eigenvalue weighted by Crippen LogP contribution is -2.53. The number of hydrogen-bond donors (Lipinski definition) is 2. The highest BCUT2D eigenvalue weighted by Gasteiger charge is 2.28. The Kier molecular flexibility index (Phi) is 5.46. The van der Waals surface area contributed by atoms with E-state index in [1.54, 1.807) is 0 Å². The minimum Gasteiger partial charge on any atom is -0.489 e. The standard InChI is InChI=1S/C19H22N2O3/c1-14-18(20-11-12-23-14)19(22)21-16-7-9-17(10-8-16)24-13-15-5-3-2-4-6-15/h2-10,14,18,20H,11-13H2,1H3,(H,21,22)/t14-,18+/m1/s1. The molecule has 0 aliphatic carbocycles. The lowest BCUT2D eigenvalue weighted by molar-refractivity contribution is -0.123. The zero-order valence-corrected chi connectivity index (χ0v) is 13.7. The Hall–Kier alpha value is -2.37. The molecule has 126 valence electrons. The number of benzene rings is 2. The van der Waals surface area contributed by atoms with Crippen LogP contribution in [0.5, 0.6) is 5.75 Å². The lowest BCUT2D eigenvalue weighted by Gasteiger charge is -2.29. The van der Waals surface area contributed by atoms with Crippen molar-refractivity contribution in [1.29, 1.82) is 0 Å². The molecule has 1 aliphatic heterocycles. The smallest absolute Gasteiger partial charge is 0.244 e. The maximum Gasteiger partial charge on any atom is 0.244 e. The van der Waals surface area contributed by atoms with Crippen LogP contribution in [0.15, 0.2) is 54.6 Å². The predicted octanol–water partition coefficient (Wildman–Crippen LogP) is 2.58. The third-order valence-electron chi connectivity index (χ3n) is 3.97. The second-order valence-corrected chi connectivity index (χ2v) is 5.80. The van der Waals surface area contributed by atoms with Crippen molar-refractivity contribution in [2.45, 2.75) is 25.7 Å². The van der Waals surface area contributed by atoms with Gasteiger partial charge in [-0.1, -0.05) is 30.3 Å². The van der Waals surface area contributed by atoms with E-state index < -0.39 is 0 Å². The first-order chi connectivity index (χ1) is 11.7. The second kappa shape index (κ2) is 7.95. The van der Waals surface area contributed by atoms with Gasteiger partial charge in [0.1, 0.15) is 18.4 Å². The molecule has 2 atom stereocenters. The van der Waals surface area contributed by atoms with Gasteiger partial charge in [-0.2, -0.15) is 0 Å². The summed E-state index contributed by atoms with van der Waals surface area (Å²) < 4.78 is 11.2. The van der Waals surface area contributed by atoms with E-state index in [9.17, 15) is 4.79 Å². The summed E-state index contributed by atoms with van der Waals surface area (Å²) in [7, 11) is 0. The van der Waals surface area contributed by atoms with Gasteiger partial charge in [-0.05, 0) is 36.8 Å². The molecule has 0 bridgehead atoms. The van der Waals surface area contributed by atoms with Gasteiger partial charge in [-0.25, -0.2) is 0 Å². The molecule has 1 amide bonds. The van der Waals surface area contributed by atoms with Crippen molar-refractivity contribution in [3.8, 4) is 5.75 Å². The van der Waals surface area contributed by atoms with E-state index >= 15 is 0 Å². The molecule has 2 aromatic carbocycles. The highest BCUT2D eigenvalue weighted by Crippen LogP contribution is 2.18. The summed E-state index contributed by atoms with van der Waals surface area (Å²) in [5, 5.41) is 6.08.